The summed E-state index contributed by atoms with van der Waals surface area (Å²) in [7, 11) is 0. The number of aromatic hydroxyl groups is 2. The number of fused-ring (bicyclic) bond motifs is 2. The molecule has 1 aromatic heterocycles. The quantitative estimate of drug-likeness (QED) is 0.121. The Balaban J connectivity index is 1.46. The molecule has 0 saturated carbocycles. The highest BCUT2D eigenvalue weighted by atomic mass is 32.1. The molecule has 0 radical (unpaired) electrons. The van der Waals surface area contributed by atoms with Gasteiger partial charge in [-0.3, -0.25) is 10.9 Å². The lowest BCUT2D eigenvalue weighted by Gasteiger charge is -2.30. The number of ether oxygens (including phenoxy) is 1. The SMILES string of the molecule is Nc1nc(N)nc(NNC(=S)Nc2ccc(C3c4ccc(O)cc4Oc4cc(O)ccc43)c(C(=O)O)c2)n1. The third-order valence-electron chi connectivity index (χ3n) is 5.65. The standard InChI is InChI=1S/C24H20N8O5S/c25-21-28-22(26)30-23(29-21)31-32-24(38)27-10-1-4-13(16(7-10)20(35)36)19-14-5-2-11(33)8-17(14)37-18-9-12(34)3-6-15(18)19/h1-9,19,33-34H,(H,35,36)(H2,27,32,38)(H5,25,26,28,29,30,31). The van der Waals surface area contributed by atoms with Gasteiger partial charge in [0.25, 0.3) is 0 Å². The minimum absolute atomic E-state index is 0.00808. The van der Waals surface area contributed by atoms with Gasteiger partial charge in [-0.1, -0.05) is 18.2 Å². The second-order valence-corrected chi connectivity index (χ2v) is 8.57. The Hall–Kier alpha value is -5.37. The van der Waals surface area contributed by atoms with Crippen LogP contribution >= 0.6 is 12.2 Å². The molecule has 4 aromatic rings. The molecule has 5 rings (SSSR count). The lowest BCUT2D eigenvalue weighted by atomic mass is 9.80. The maximum absolute atomic E-state index is 12.4. The van der Waals surface area contributed by atoms with Crippen LogP contribution < -0.4 is 32.4 Å². The van der Waals surface area contributed by atoms with Gasteiger partial charge in [0.2, 0.25) is 17.8 Å². The van der Waals surface area contributed by atoms with E-state index < -0.39 is 11.9 Å². The van der Waals surface area contributed by atoms with E-state index in [4.69, 9.17) is 28.4 Å². The molecule has 38 heavy (non-hydrogen) atoms. The number of carboxylic acid groups (broad SMARTS) is 1. The van der Waals surface area contributed by atoms with Crippen LogP contribution in [0.5, 0.6) is 23.0 Å². The summed E-state index contributed by atoms with van der Waals surface area (Å²) in [4.78, 5) is 23.7. The third kappa shape index (κ3) is 4.83. The van der Waals surface area contributed by atoms with Gasteiger partial charge in [0.1, 0.15) is 23.0 Å². The molecule has 1 aliphatic rings. The number of hydrogen-bond donors (Lipinski definition) is 8. The number of phenols is 2. The molecule has 0 amide bonds. The van der Waals surface area contributed by atoms with E-state index in [1.807, 2.05) is 0 Å². The van der Waals surface area contributed by atoms with Crippen molar-refractivity contribution in [2.75, 3.05) is 22.2 Å². The smallest absolute Gasteiger partial charge is 0.336 e. The average Bonchev–Trinajstić information content (AvgIpc) is 2.85. The Labute approximate surface area is 220 Å². The third-order valence-corrected chi connectivity index (χ3v) is 5.85. The number of nitrogens with zero attached hydrogens (tertiary/aromatic N) is 3. The fourth-order valence-electron chi connectivity index (χ4n) is 4.13. The van der Waals surface area contributed by atoms with Gasteiger partial charge in [-0.2, -0.15) is 15.0 Å². The van der Waals surface area contributed by atoms with Crippen molar-refractivity contribution < 1.29 is 24.9 Å². The van der Waals surface area contributed by atoms with Crippen LogP contribution in [0.1, 0.15) is 33.0 Å². The number of thiocarbonyl (C=S) groups is 1. The first-order valence-electron chi connectivity index (χ1n) is 11.0. The summed E-state index contributed by atoms with van der Waals surface area (Å²) in [5.74, 6) is -1.17. The van der Waals surface area contributed by atoms with E-state index in [0.717, 1.165) is 0 Å². The van der Waals surface area contributed by atoms with Crippen molar-refractivity contribution in [3.05, 3.63) is 76.9 Å². The van der Waals surface area contributed by atoms with Gasteiger partial charge in [0, 0.05) is 34.9 Å². The molecule has 3 aromatic carbocycles. The highest BCUT2D eigenvalue weighted by Crippen LogP contribution is 2.49. The fraction of sp³-hybridized carbons (Fsp3) is 0.0417. The average molecular weight is 533 g/mol. The zero-order valence-corrected chi connectivity index (χ0v) is 20.2. The molecular formula is C24H20N8O5S. The van der Waals surface area contributed by atoms with Gasteiger partial charge >= 0.3 is 5.97 Å². The van der Waals surface area contributed by atoms with Gasteiger partial charge in [0.15, 0.2) is 5.11 Å². The molecule has 0 bridgehead atoms. The second kappa shape index (κ2) is 9.59. The summed E-state index contributed by atoms with van der Waals surface area (Å²) >= 11 is 5.27. The first-order chi connectivity index (χ1) is 18.2. The highest BCUT2D eigenvalue weighted by molar-refractivity contribution is 7.80. The Morgan fingerprint density at radius 3 is 2.03 bits per heavy atom. The van der Waals surface area contributed by atoms with Gasteiger partial charge in [-0.15, -0.1) is 0 Å². The number of anilines is 4. The number of aromatic nitrogens is 3. The van der Waals surface area contributed by atoms with Crippen LogP contribution in [0, 0.1) is 0 Å². The number of benzene rings is 3. The van der Waals surface area contributed by atoms with E-state index in [1.165, 1.54) is 30.3 Å². The molecule has 192 valence electrons. The molecule has 0 fully saturated rings. The van der Waals surface area contributed by atoms with Crippen LogP contribution in [-0.2, 0) is 0 Å². The van der Waals surface area contributed by atoms with Crippen molar-refractivity contribution in [1.82, 2.24) is 20.4 Å². The van der Waals surface area contributed by atoms with E-state index in [0.29, 0.717) is 33.9 Å². The molecule has 0 spiro atoms. The minimum Gasteiger partial charge on any atom is -0.508 e. The molecule has 0 unspecified atom stereocenters. The Kier molecular flexibility index (Phi) is 6.14. The number of carbonyl (C=O) groups is 1. The van der Waals surface area contributed by atoms with Gasteiger partial charge < -0.3 is 36.8 Å². The Morgan fingerprint density at radius 2 is 1.45 bits per heavy atom. The van der Waals surface area contributed by atoms with Crippen LogP contribution in [0.2, 0.25) is 0 Å². The van der Waals surface area contributed by atoms with Crippen molar-refractivity contribution in [3.63, 3.8) is 0 Å². The maximum atomic E-state index is 12.4. The number of nitrogen functional groups attached to an aromatic ring is 2. The normalized spacial score (nSPS) is 12.0. The molecule has 13 nitrogen and oxygen atoms in total. The lowest BCUT2D eigenvalue weighted by molar-refractivity contribution is 0.0695. The molecule has 14 heteroatoms. The summed E-state index contributed by atoms with van der Waals surface area (Å²) in [6.07, 6.45) is 0. The number of hydrogen-bond acceptors (Lipinski definition) is 11. The number of carboxylic acids is 1. The largest absolute Gasteiger partial charge is 0.508 e. The lowest BCUT2D eigenvalue weighted by Crippen LogP contribution is -2.34. The van der Waals surface area contributed by atoms with E-state index in [9.17, 15) is 20.1 Å². The van der Waals surface area contributed by atoms with Crippen molar-refractivity contribution in [1.29, 1.82) is 0 Å². The van der Waals surface area contributed by atoms with Gasteiger partial charge in [-0.25, -0.2) is 4.79 Å². The number of rotatable bonds is 5. The van der Waals surface area contributed by atoms with Crippen LogP contribution in [-0.4, -0.2) is 41.4 Å². The summed E-state index contributed by atoms with van der Waals surface area (Å²) in [5.41, 5.74) is 18.5. The fourth-order valence-corrected chi connectivity index (χ4v) is 4.30. The van der Waals surface area contributed by atoms with E-state index >= 15 is 0 Å². The number of phenolic OH excluding ortho intramolecular Hbond substituents is 2. The number of hydrazine groups is 1. The molecule has 0 atom stereocenters. The first-order valence-corrected chi connectivity index (χ1v) is 11.4. The first kappa shape index (κ1) is 24.3. The van der Waals surface area contributed by atoms with Gasteiger partial charge in [-0.05, 0) is 42.0 Å². The minimum atomic E-state index is -1.16. The Morgan fingerprint density at radius 1 is 0.868 bits per heavy atom. The summed E-state index contributed by atoms with van der Waals surface area (Å²) in [6, 6.07) is 14.0. The van der Waals surface area contributed by atoms with Gasteiger partial charge in [0.05, 0.1) is 5.56 Å². The van der Waals surface area contributed by atoms with Crippen LogP contribution in [0.4, 0.5) is 23.5 Å². The molecule has 1 aliphatic heterocycles. The van der Waals surface area contributed by atoms with E-state index in [2.05, 4.69) is 31.1 Å². The predicted molar refractivity (Wildman–Crippen MR) is 142 cm³/mol. The summed E-state index contributed by atoms with van der Waals surface area (Å²) in [5, 5.41) is 33.0. The molecule has 10 N–H and O–H groups in total. The second-order valence-electron chi connectivity index (χ2n) is 8.17. The number of aromatic carboxylic acids is 1. The topological polar surface area (TPSA) is 214 Å². The summed E-state index contributed by atoms with van der Waals surface area (Å²) in [6.45, 7) is 0. The molecular weight excluding hydrogens is 512 g/mol. The monoisotopic (exact) mass is 532 g/mol. The molecule has 0 aliphatic carbocycles. The van der Waals surface area contributed by atoms with Crippen molar-refractivity contribution in [2.24, 2.45) is 0 Å². The van der Waals surface area contributed by atoms with Crippen LogP contribution in [0.25, 0.3) is 0 Å². The highest BCUT2D eigenvalue weighted by Gasteiger charge is 2.32. The van der Waals surface area contributed by atoms with E-state index in [1.54, 1.807) is 24.3 Å². The summed E-state index contributed by atoms with van der Waals surface area (Å²) < 4.78 is 5.90. The van der Waals surface area contributed by atoms with Crippen LogP contribution in [0.15, 0.2) is 54.6 Å². The van der Waals surface area contributed by atoms with Crippen molar-refractivity contribution in [2.45, 2.75) is 5.92 Å². The number of nitrogens with one attached hydrogen (secondary N) is 3. The van der Waals surface area contributed by atoms with Crippen molar-refractivity contribution in [3.8, 4) is 23.0 Å². The van der Waals surface area contributed by atoms with Crippen LogP contribution in [0.3, 0.4) is 0 Å². The Bertz CT molecular complexity index is 1530. The molecule has 2 heterocycles. The zero-order valence-electron chi connectivity index (χ0n) is 19.3. The van der Waals surface area contributed by atoms with Crippen molar-refractivity contribution >= 4 is 46.8 Å². The van der Waals surface area contributed by atoms with E-state index in [-0.39, 0.29) is 40.0 Å². The predicted octanol–water partition coefficient (Wildman–Crippen LogP) is 2.74. The maximum Gasteiger partial charge on any atom is 0.336 e. The number of nitrogens with two attached hydrogens (primary N) is 2. The zero-order chi connectivity index (χ0) is 27.0. The molecule has 0 saturated heterocycles.